The van der Waals surface area contributed by atoms with E-state index in [-0.39, 0.29) is 10.3 Å². The molecule has 1 atom stereocenters. The van der Waals surface area contributed by atoms with Crippen molar-refractivity contribution in [3.63, 3.8) is 0 Å². The maximum atomic E-state index is 12.4. The van der Waals surface area contributed by atoms with E-state index in [9.17, 15) is 13.2 Å². The standard InChI is InChI=1S/C17H23N3O4S2/c1-11(15(21)19-16-18-14(10-25-16)17(2,3)4)20-26(22,23)13-8-6-12(24-5)7-9-13/h6-11,20H,1-5H3,(H,18,19,21). The summed E-state index contributed by atoms with van der Waals surface area (Å²) in [6.45, 7) is 7.56. The SMILES string of the molecule is COc1ccc(S(=O)(=O)NC(C)C(=O)Nc2nc(C(C)(C)C)cs2)cc1. The summed E-state index contributed by atoms with van der Waals surface area (Å²) in [5, 5.41) is 4.96. The number of ether oxygens (including phenoxy) is 1. The maximum absolute atomic E-state index is 12.4. The summed E-state index contributed by atoms with van der Waals surface area (Å²) in [7, 11) is -2.33. The van der Waals surface area contributed by atoms with E-state index in [1.807, 2.05) is 26.2 Å². The molecule has 2 aromatic rings. The van der Waals surface area contributed by atoms with Crippen LogP contribution < -0.4 is 14.8 Å². The number of carbonyl (C=O) groups excluding carboxylic acids is 1. The summed E-state index contributed by atoms with van der Waals surface area (Å²) < 4.78 is 32.2. The molecule has 7 nitrogen and oxygen atoms in total. The third-order valence-electron chi connectivity index (χ3n) is 3.60. The van der Waals surface area contributed by atoms with Crippen LogP contribution in [0.1, 0.15) is 33.4 Å². The van der Waals surface area contributed by atoms with Crippen LogP contribution in [0.5, 0.6) is 5.75 Å². The van der Waals surface area contributed by atoms with Crippen molar-refractivity contribution in [1.82, 2.24) is 9.71 Å². The first-order chi connectivity index (χ1) is 12.0. The molecule has 0 fully saturated rings. The van der Waals surface area contributed by atoms with Crippen molar-refractivity contribution in [2.75, 3.05) is 12.4 Å². The molecule has 1 amide bonds. The number of aromatic nitrogens is 1. The van der Waals surface area contributed by atoms with Crippen LogP contribution in [0.2, 0.25) is 0 Å². The van der Waals surface area contributed by atoms with Gasteiger partial charge in [0, 0.05) is 10.8 Å². The third kappa shape index (κ3) is 5.03. The van der Waals surface area contributed by atoms with Crippen LogP contribution in [0.3, 0.4) is 0 Å². The molecule has 0 aliphatic rings. The van der Waals surface area contributed by atoms with Crippen molar-refractivity contribution >= 4 is 32.4 Å². The molecule has 2 rings (SSSR count). The number of anilines is 1. The van der Waals surface area contributed by atoms with E-state index in [0.717, 1.165) is 5.69 Å². The summed E-state index contributed by atoms with van der Waals surface area (Å²) in [6, 6.07) is 4.97. The van der Waals surface area contributed by atoms with Gasteiger partial charge in [0.1, 0.15) is 5.75 Å². The number of carbonyl (C=O) groups is 1. The summed E-state index contributed by atoms with van der Waals surface area (Å²) in [5.74, 6) is 0.0741. The van der Waals surface area contributed by atoms with Crippen LogP contribution in [-0.2, 0) is 20.2 Å². The molecule has 0 saturated carbocycles. The van der Waals surface area contributed by atoms with Gasteiger partial charge in [-0.25, -0.2) is 13.4 Å². The molecule has 1 aromatic carbocycles. The molecule has 1 unspecified atom stereocenters. The zero-order valence-corrected chi connectivity index (χ0v) is 17.0. The minimum absolute atomic E-state index is 0.0576. The number of nitrogens with zero attached hydrogens (tertiary/aromatic N) is 1. The van der Waals surface area contributed by atoms with Gasteiger partial charge < -0.3 is 10.1 Å². The number of thiazole rings is 1. The predicted molar refractivity (Wildman–Crippen MR) is 102 cm³/mol. The van der Waals surface area contributed by atoms with Gasteiger partial charge >= 0.3 is 0 Å². The van der Waals surface area contributed by atoms with Crippen molar-refractivity contribution in [1.29, 1.82) is 0 Å². The number of hydrogen-bond donors (Lipinski definition) is 2. The minimum Gasteiger partial charge on any atom is -0.497 e. The van der Waals surface area contributed by atoms with Crippen LogP contribution >= 0.6 is 11.3 Å². The first-order valence-corrected chi connectivity index (χ1v) is 10.3. The van der Waals surface area contributed by atoms with Crippen molar-refractivity contribution in [3.8, 4) is 5.75 Å². The quantitative estimate of drug-likeness (QED) is 0.781. The van der Waals surface area contributed by atoms with Gasteiger partial charge in [-0.1, -0.05) is 20.8 Å². The monoisotopic (exact) mass is 397 g/mol. The number of benzene rings is 1. The second-order valence-corrected chi connectivity index (χ2v) is 9.37. The maximum Gasteiger partial charge on any atom is 0.244 e. The van der Waals surface area contributed by atoms with Gasteiger partial charge in [0.05, 0.1) is 23.7 Å². The molecule has 0 saturated heterocycles. The topological polar surface area (TPSA) is 97.4 Å². The Kier molecular flexibility index (Phi) is 6.05. The van der Waals surface area contributed by atoms with Crippen LogP contribution in [-0.4, -0.2) is 32.5 Å². The number of rotatable bonds is 6. The Morgan fingerprint density at radius 1 is 1.23 bits per heavy atom. The van der Waals surface area contributed by atoms with Gasteiger partial charge in [-0.2, -0.15) is 4.72 Å². The van der Waals surface area contributed by atoms with Crippen molar-refractivity contribution in [3.05, 3.63) is 35.3 Å². The van der Waals surface area contributed by atoms with E-state index in [1.54, 1.807) is 12.1 Å². The van der Waals surface area contributed by atoms with Gasteiger partial charge in [0.25, 0.3) is 0 Å². The highest BCUT2D eigenvalue weighted by Crippen LogP contribution is 2.26. The van der Waals surface area contributed by atoms with Gasteiger partial charge in [-0.05, 0) is 31.2 Å². The van der Waals surface area contributed by atoms with Crippen molar-refractivity contribution < 1.29 is 17.9 Å². The average Bonchev–Trinajstić information content (AvgIpc) is 3.03. The smallest absolute Gasteiger partial charge is 0.244 e. The van der Waals surface area contributed by atoms with Crippen LogP contribution in [0, 0.1) is 0 Å². The molecular formula is C17H23N3O4S2. The molecule has 0 bridgehead atoms. The highest BCUT2D eigenvalue weighted by molar-refractivity contribution is 7.89. The summed E-state index contributed by atoms with van der Waals surface area (Å²) in [5.41, 5.74) is 0.741. The van der Waals surface area contributed by atoms with E-state index in [1.165, 1.54) is 37.5 Å². The Morgan fingerprint density at radius 3 is 2.35 bits per heavy atom. The Labute approximate surface area is 157 Å². The van der Waals surface area contributed by atoms with Crippen molar-refractivity contribution in [2.45, 2.75) is 44.0 Å². The Bertz CT molecular complexity index is 868. The highest BCUT2D eigenvalue weighted by Gasteiger charge is 2.24. The highest BCUT2D eigenvalue weighted by atomic mass is 32.2. The van der Waals surface area contributed by atoms with E-state index >= 15 is 0 Å². The van der Waals surface area contributed by atoms with Crippen LogP contribution in [0.15, 0.2) is 34.5 Å². The second-order valence-electron chi connectivity index (χ2n) is 6.80. The lowest BCUT2D eigenvalue weighted by Crippen LogP contribution is -2.41. The number of methoxy groups -OCH3 is 1. The fourth-order valence-corrected chi connectivity index (χ4v) is 4.14. The molecule has 0 spiro atoms. The number of sulfonamides is 1. The zero-order chi connectivity index (χ0) is 19.5. The van der Waals surface area contributed by atoms with E-state index in [2.05, 4.69) is 15.0 Å². The fourth-order valence-electron chi connectivity index (χ4n) is 2.00. The van der Waals surface area contributed by atoms with Gasteiger partial charge in [0.15, 0.2) is 5.13 Å². The Morgan fingerprint density at radius 2 is 1.85 bits per heavy atom. The lowest BCUT2D eigenvalue weighted by Gasteiger charge is -2.15. The van der Waals surface area contributed by atoms with Gasteiger partial charge in [-0.15, -0.1) is 11.3 Å². The molecule has 1 heterocycles. The van der Waals surface area contributed by atoms with Gasteiger partial charge in [-0.3, -0.25) is 4.79 Å². The number of nitrogens with one attached hydrogen (secondary N) is 2. The zero-order valence-electron chi connectivity index (χ0n) is 15.4. The average molecular weight is 398 g/mol. The molecule has 9 heteroatoms. The summed E-state index contributed by atoms with van der Waals surface area (Å²) >= 11 is 1.31. The molecule has 1 aromatic heterocycles. The Balaban J connectivity index is 2.04. The summed E-state index contributed by atoms with van der Waals surface area (Å²) in [4.78, 5) is 16.7. The molecule has 0 aliphatic carbocycles. The largest absolute Gasteiger partial charge is 0.497 e. The molecule has 26 heavy (non-hydrogen) atoms. The molecule has 2 N–H and O–H groups in total. The fraction of sp³-hybridized carbons (Fsp3) is 0.412. The van der Waals surface area contributed by atoms with Gasteiger partial charge in [0.2, 0.25) is 15.9 Å². The van der Waals surface area contributed by atoms with Crippen molar-refractivity contribution in [2.24, 2.45) is 0 Å². The lowest BCUT2D eigenvalue weighted by atomic mass is 9.93. The first kappa shape index (κ1) is 20.3. The van der Waals surface area contributed by atoms with Crippen LogP contribution in [0.4, 0.5) is 5.13 Å². The van der Waals surface area contributed by atoms with E-state index in [0.29, 0.717) is 10.9 Å². The first-order valence-electron chi connectivity index (χ1n) is 7.96. The molecular weight excluding hydrogens is 374 g/mol. The van der Waals surface area contributed by atoms with E-state index < -0.39 is 22.0 Å². The number of amides is 1. The summed E-state index contributed by atoms with van der Waals surface area (Å²) in [6.07, 6.45) is 0. The lowest BCUT2D eigenvalue weighted by molar-refractivity contribution is -0.117. The molecule has 0 radical (unpaired) electrons. The molecule has 0 aliphatic heterocycles. The minimum atomic E-state index is -3.82. The second kappa shape index (κ2) is 7.73. The molecule has 142 valence electrons. The predicted octanol–water partition coefficient (Wildman–Crippen LogP) is 2.75. The third-order valence-corrected chi connectivity index (χ3v) is 5.91. The Hall–Kier alpha value is -1.97. The van der Waals surface area contributed by atoms with E-state index in [4.69, 9.17) is 4.74 Å². The van der Waals surface area contributed by atoms with Crippen LogP contribution in [0.25, 0.3) is 0 Å². The normalized spacial score (nSPS) is 13.3. The number of hydrogen-bond acceptors (Lipinski definition) is 6.